The van der Waals surface area contributed by atoms with Crippen LogP contribution in [0.3, 0.4) is 0 Å². The number of rotatable bonds is 7. The smallest absolute Gasteiger partial charge is 0.242 e. The highest BCUT2D eigenvalue weighted by Crippen LogP contribution is 2.28. The number of primary amides is 1. The lowest BCUT2D eigenvalue weighted by molar-refractivity contribution is -0.116. The SMILES string of the molecule is CN(CC(N)=O)c1ccc(S(=O)(=O)NCC2CC2)cn1. The van der Waals surface area contributed by atoms with Crippen molar-refractivity contribution in [2.45, 2.75) is 17.7 Å². The molecule has 20 heavy (non-hydrogen) atoms. The van der Waals surface area contributed by atoms with Crippen molar-refractivity contribution in [1.29, 1.82) is 0 Å². The number of amides is 1. The van der Waals surface area contributed by atoms with Gasteiger partial charge < -0.3 is 10.6 Å². The van der Waals surface area contributed by atoms with E-state index in [9.17, 15) is 13.2 Å². The summed E-state index contributed by atoms with van der Waals surface area (Å²) >= 11 is 0. The zero-order valence-electron chi connectivity index (χ0n) is 11.2. The number of pyridine rings is 1. The Balaban J connectivity index is 2.04. The van der Waals surface area contributed by atoms with Crippen molar-refractivity contribution in [2.24, 2.45) is 11.7 Å². The number of nitrogens with two attached hydrogens (primary N) is 1. The molecular formula is C12H18N4O3S. The van der Waals surface area contributed by atoms with Crippen molar-refractivity contribution in [3.63, 3.8) is 0 Å². The van der Waals surface area contributed by atoms with E-state index in [2.05, 4.69) is 9.71 Å². The molecule has 1 aliphatic carbocycles. The predicted molar refractivity (Wildman–Crippen MR) is 74.6 cm³/mol. The number of nitrogens with one attached hydrogen (secondary N) is 1. The van der Waals surface area contributed by atoms with Gasteiger partial charge in [0.25, 0.3) is 0 Å². The number of likely N-dealkylation sites (N-methyl/N-ethyl adjacent to an activating group) is 1. The van der Waals surface area contributed by atoms with E-state index < -0.39 is 15.9 Å². The maximum atomic E-state index is 12.0. The molecule has 8 heteroatoms. The van der Waals surface area contributed by atoms with Gasteiger partial charge in [-0.25, -0.2) is 18.1 Å². The Kier molecular flexibility index (Phi) is 4.24. The van der Waals surface area contributed by atoms with Gasteiger partial charge in [-0.15, -0.1) is 0 Å². The highest BCUT2D eigenvalue weighted by molar-refractivity contribution is 7.89. The van der Waals surface area contributed by atoms with Crippen LogP contribution in [0.4, 0.5) is 5.82 Å². The van der Waals surface area contributed by atoms with Crippen molar-refractivity contribution in [2.75, 3.05) is 25.0 Å². The van der Waals surface area contributed by atoms with Gasteiger partial charge in [0.2, 0.25) is 15.9 Å². The maximum absolute atomic E-state index is 12.0. The van der Waals surface area contributed by atoms with Crippen LogP contribution in [0, 0.1) is 5.92 Å². The van der Waals surface area contributed by atoms with Crippen LogP contribution >= 0.6 is 0 Å². The fourth-order valence-electron chi connectivity index (χ4n) is 1.70. The highest BCUT2D eigenvalue weighted by Gasteiger charge is 2.24. The second kappa shape index (κ2) is 5.76. The molecule has 0 saturated heterocycles. The summed E-state index contributed by atoms with van der Waals surface area (Å²) in [6.45, 7) is 0.505. The second-order valence-corrected chi connectivity index (χ2v) is 6.74. The summed E-state index contributed by atoms with van der Waals surface area (Å²) in [6.07, 6.45) is 3.44. The summed E-state index contributed by atoms with van der Waals surface area (Å²) < 4.78 is 26.5. The molecule has 1 saturated carbocycles. The fourth-order valence-corrected chi connectivity index (χ4v) is 2.77. The van der Waals surface area contributed by atoms with Gasteiger partial charge in [0.15, 0.2) is 0 Å². The molecular weight excluding hydrogens is 280 g/mol. The summed E-state index contributed by atoms with van der Waals surface area (Å²) in [7, 11) is -1.84. The summed E-state index contributed by atoms with van der Waals surface area (Å²) in [5.74, 6) is 0.487. The van der Waals surface area contributed by atoms with Gasteiger partial charge in [-0.2, -0.15) is 0 Å². The zero-order chi connectivity index (χ0) is 14.8. The van der Waals surface area contributed by atoms with Gasteiger partial charge in [-0.1, -0.05) is 0 Å². The molecule has 1 aromatic heterocycles. The van der Waals surface area contributed by atoms with Gasteiger partial charge in [0, 0.05) is 19.8 Å². The normalized spacial score (nSPS) is 15.1. The number of anilines is 1. The molecule has 1 amide bonds. The standard InChI is InChI=1S/C12H18N4O3S/c1-16(8-11(13)17)12-5-4-10(7-14-12)20(18,19)15-6-9-2-3-9/h4-5,7,9,15H,2-3,6,8H2,1H3,(H2,13,17). The molecule has 3 N–H and O–H groups in total. The Morgan fingerprint density at radius 2 is 2.20 bits per heavy atom. The van der Waals surface area contributed by atoms with Crippen molar-refractivity contribution in [3.05, 3.63) is 18.3 Å². The average Bonchev–Trinajstić information content (AvgIpc) is 3.20. The number of hydrogen-bond acceptors (Lipinski definition) is 5. The number of hydrogen-bond donors (Lipinski definition) is 2. The van der Waals surface area contributed by atoms with Crippen LogP contribution in [-0.4, -0.2) is 39.4 Å². The van der Waals surface area contributed by atoms with E-state index in [-0.39, 0.29) is 11.4 Å². The highest BCUT2D eigenvalue weighted by atomic mass is 32.2. The predicted octanol–water partition coefficient (Wildman–Crippen LogP) is -0.309. The molecule has 0 unspecified atom stereocenters. The summed E-state index contributed by atoms with van der Waals surface area (Å²) in [5.41, 5.74) is 5.09. The van der Waals surface area contributed by atoms with Gasteiger partial charge in [-0.05, 0) is 30.9 Å². The largest absolute Gasteiger partial charge is 0.368 e. The van der Waals surface area contributed by atoms with Gasteiger partial charge >= 0.3 is 0 Å². The first-order valence-electron chi connectivity index (χ1n) is 6.33. The summed E-state index contributed by atoms with van der Waals surface area (Å²) in [6, 6.07) is 3.02. The lowest BCUT2D eigenvalue weighted by Crippen LogP contribution is -2.31. The van der Waals surface area contributed by atoms with Crippen molar-refractivity contribution >= 4 is 21.7 Å². The Labute approximate surface area is 118 Å². The molecule has 1 aromatic rings. The third kappa shape index (κ3) is 3.91. The van der Waals surface area contributed by atoms with Gasteiger partial charge in [0.1, 0.15) is 10.7 Å². The van der Waals surface area contributed by atoms with E-state index in [1.807, 2.05) is 0 Å². The van der Waals surface area contributed by atoms with E-state index in [1.54, 1.807) is 18.0 Å². The summed E-state index contributed by atoms with van der Waals surface area (Å²) in [4.78, 5) is 16.5. The van der Waals surface area contributed by atoms with E-state index in [0.29, 0.717) is 18.3 Å². The van der Waals surface area contributed by atoms with Crippen LogP contribution in [0.2, 0.25) is 0 Å². The summed E-state index contributed by atoms with van der Waals surface area (Å²) in [5, 5.41) is 0. The molecule has 0 atom stereocenters. The lowest BCUT2D eigenvalue weighted by Gasteiger charge is -2.16. The topological polar surface area (TPSA) is 105 Å². The Bertz CT molecular complexity index is 581. The molecule has 1 heterocycles. The number of carbonyl (C=O) groups excluding carboxylic acids is 1. The zero-order valence-corrected chi connectivity index (χ0v) is 12.1. The third-order valence-electron chi connectivity index (χ3n) is 3.07. The first kappa shape index (κ1) is 14.7. The number of carbonyl (C=O) groups is 1. The average molecular weight is 298 g/mol. The van der Waals surface area contributed by atoms with Gasteiger partial charge in [-0.3, -0.25) is 4.79 Å². The molecule has 0 radical (unpaired) electrons. The molecule has 7 nitrogen and oxygen atoms in total. The molecule has 1 fully saturated rings. The Morgan fingerprint density at radius 3 is 2.70 bits per heavy atom. The molecule has 0 spiro atoms. The van der Waals surface area contributed by atoms with Crippen LogP contribution in [0.5, 0.6) is 0 Å². The second-order valence-electron chi connectivity index (χ2n) is 4.97. The molecule has 0 bridgehead atoms. The minimum atomic E-state index is -3.50. The lowest BCUT2D eigenvalue weighted by atomic mass is 10.4. The van der Waals surface area contributed by atoms with E-state index >= 15 is 0 Å². The molecule has 110 valence electrons. The van der Waals surface area contributed by atoms with Crippen molar-refractivity contribution < 1.29 is 13.2 Å². The number of aromatic nitrogens is 1. The maximum Gasteiger partial charge on any atom is 0.242 e. The molecule has 0 aliphatic heterocycles. The van der Waals surface area contributed by atoms with Crippen LogP contribution in [-0.2, 0) is 14.8 Å². The monoisotopic (exact) mass is 298 g/mol. The Hall–Kier alpha value is -1.67. The minimum Gasteiger partial charge on any atom is -0.368 e. The third-order valence-corrected chi connectivity index (χ3v) is 4.48. The number of nitrogens with zero attached hydrogens (tertiary/aromatic N) is 2. The van der Waals surface area contributed by atoms with E-state index in [4.69, 9.17) is 5.73 Å². The van der Waals surface area contributed by atoms with E-state index in [0.717, 1.165) is 12.8 Å². The van der Waals surface area contributed by atoms with Crippen LogP contribution in [0.25, 0.3) is 0 Å². The van der Waals surface area contributed by atoms with Gasteiger partial charge in [0.05, 0.1) is 6.54 Å². The van der Waals surface area contributed by atoms with E-state index in [1.165, 1.54) is 12.3 Å². The van der Waals surface area contributed by atoms with Crippen LogP contribution < -0.4 is 15.4 Å². The first-order chi connectivity index (χ1) is 9.38. The van der Waals surface area contributed by atoms with Crippen LogP contribution in [0.15, 0.2) is 23.2 Å². The fraction of sp³-hybridized carbons (Fsp3) is 0.500. The Morgan fingerprint density at radius 1 is 1.50 bits per heavy atom. The van der Waals surface area contributed by atoms with Crippen molar-refractivity contribution in [1.82, 2.24) is 9.71 Å². The van der Waals surface area contributed by atoms with Crippen molar-refractivity contribution in [3.8, 4) is 0 Å². The van der Waals surface area contributed by atoms with Crippen LogP contribution in [0.1, 0.15) is 12.8 Å². The molecule has 1 aliphatic rings. The number of sulfonamides is 1. The first-order valence-corrected chi connectivity index (χ1v) is 7.82. The molecule has 0 aromatic carbocycles. The quantitative estimate of drug-likeness (QED) is 0.718. The molecule has 2 rings (SSSR count). The minimum absolute atomic E-state index is 0.0268.